The molecule has 1 aromatic rings. The third kappa shape index (κ3) is 2.94. The zero-order valence-electron chi connectivity index (χ0n) is 16.8. The van der Waals surface area contributed by atoms with Crippen LogP contribution in [-0.2, 0) is 0 Å². The lowest BCUT2D eigenvalue weighted by atomic mass is 9.64. The molecule has 0 amide bonds. The summed E-state index contributed by atoms with van der Waals surface area (Å²) >= 11 is 0. The molecule has 3 atom stereocenters. The van der Waals surface area contributed by atoms with Gasteiger partial charge < -0.3 is 0 Å². The molecule has 0 aromatic carbocycles. The average molecular weight is 371 g/mol. The summed E-state index contributed by atoms with van der Waals surface area (Å²) in [5.41, 5.74) is 5.43. The van der Waals surface area contributed by atoms with Crippen molar-refractivity contribution in [3.63, 3.8) is 0 Å². The number of aliphatic imine (C=N–C) groups is 1. The van der Waals surface area contributed by atoms with Crippen LogP contribution in [0.4, 0.5) is 0 Å². The Morgan fingerprint density at radius 3 is 2.71 bits per heavy atom. The van der Waals surface area contributed by atoms with Gasteiger partial charge in [0.05, 0.1) is 5.69 Å². The van der Waals surface area contributed by atoms with Gasteiger partial charge in [0, 0.05) is 29.3 Å². The maximum Gasteiger partial charge on any atom is 0.105 e. The Balaban J connectivity index is 1.54. The van der Waals surface area contributed by atoms with Crippen LogP contribution >= 0.6 is 0 Å². The first-order valence-corrected chi connectivity index (χ1v) is 11.0. The second-order valence-corrected chi connectivity index (χ2v) is 8.98. The maximum atomic E-state index is 4.96. The number of pyridine rings is 1. The van der Waals surface area contributed by atoms with Gasteiger partial charge in [-0.05, 0) is 55.4 Å². The zero-order valence-corrected chi connectivity index (χ0v) is 16.8. The van der Waals surface area contributed by atoms with E-state index in [1.54, 1.807) is 0 Å². The van der Waals surface area contributed by atoms with Gasteiger partial charge in [-0.25, -0.2) is 0 Å². The molecular formula is C26H30N2. The maximum absolute atomic E-state index is 4.96. The van der Waals surface area contributed by atoms with E-state index in [9.17, 15) is 0 Å². The smallest absolute Gasteiger partial charge is 0.105 e. The van der Waals surface area contributed by atoms with Gasteiger partial charge >= 0.3 is 0 Å². The molecule has 0 saturated heterocycles. The molecule has 28 heavy (non-hydrogen) atoms. The predicted octanol–water partition coefficient (Wildman–Crippen LogP) is 6.74. The molecule has 144 valence electrons. The third-order valence-electron chi connectivity index (χ3n) is 7.26. The van der Waals surface area contributed by atoms with Gasteiger partial charge in [-0.2, -0.15) is 0 Å². The summed E-state index contributed by atoms with van der Waals surface area (Å²) in [6, 6.07) is 2.37. The van der Waals surface area contributed by atoms with Crippen molar-refractivity contribution in [2.75, 3.05) is 0 Å². The second-order valence-electron chi connectivity index (χ2n) is 8.98. The number of hydrogen-bond donors (Lipinski definition) is 0. The largest absolute Gasteiger partial charge is 0.282 e. The van der Waals surface area contributed by atoms with Crippen molar-refractivity contribution in [1.82, 2.24) is 4.98 Å². The van der Waals surface area contributed by atoms with Crippen LogP contribution < -0.4 is 0 Å². The Bertz CT molecular complexity index is 893. The molecule has 4 aliphatic rings. The Labute approximate surface area is 168 Å². The molecule has 0 bridgehead atoms. The van der Waals surface area contributed by atoms with Crippen molar-refractivity contribution in [2.45, 2.75) is 63.8 Å². The highest BCUT2D eigenvalue weighted by Crippen LogP contribution is 2.53. The summed E-state index contributed by atoms with van der Waals surface area (Å²) in [6.07, 6.45) is 29.3. The van der Waals surface area contributed by atoms with Gasteiger partial charge in [0.2, 0.25) is 0 Å². The van der Waals surface area contributed by atoms with Crippen molar-refractivity contribution in [3.05, 3.63) is 71.1 Å². The fourth-order valence-electron chi connectivity index (χ4n) is 5.69. The topological polar surface area (TPSA) is 25.2 Å². The van der Waals surface area contributed by atoms with Gasteiger partial charge in [0.1, 0.15) is 6.04 Å². The lowest BCUT2D eigenvalue weighted by Crippen LogP contribution is -2.34. The van der Waals surface area contributed by atoms with E-state index in [1.807, 2.05) is 12.4 Å². The summed E-state index contributed by atoms with van der Waals surface area (Å²) in [6.45, 7) is 2.35. The van der Waals surface area contributed by atoms with E-state index in [-0.39, 0.29) is 11.5 Å². The van der Waals surface area contributed by atoms with Crippen molar-refractivity contribution in [3.8, 4) is 0 Å². The quantitative estimate of drug-likeness (QED) is 0.529. The SMILES string of the molecule is CC12C=Cc3c(C4CCCCCC4)ccnc3C1N=CC=C2[C@H]1C=CC=CC1. The van der Waals surface area contributed by atoms with Crippen LogP contribution in [-0.4, -0.2) is 11.2 Å². The molecular weight excluding hydrogens is 340 g/mol. The molecule has 3 aliphatic carbocycles. The molecule has 0 N–H and O–H groups in total. The van der Waals surface area contributed by atoms with Gasteiger partial charge in [-0.1, -0.05) is 62.1 Å². The molecule has 1 saturated carbocycles. The molecule has 1 aliphatic heterocycles. The van der Waals surface area contributed by atoms with Crippen molar-refractivity contribution in [2.24, 2.45) is 16.3 Å². The van der Waals surface area contributed by atoms with Crippen LogP contribution in [0.1, 0.15) is 80.7 Å². The number of rotatable bonds is 2. The number of nitrogens with zero attached hydrogens (tertiary/aromatic N) is 2. The minimum atomic E-state index is -0.0863. The van der Waals surface area contributed by atoms with Gasteiger partial charge in [0.25, 0.3) is 0 Å². The summed E-state index contributed by atoms with van der Waals surface area (Å²) < 4.78 is 0. The predicted molar refractivity (Wildman–Crippen MR) is 118 cm³/mol. The highest BCUT2D eigenvalue weighted by atomic mass is 14.9. The molecule has 1 aromatic heterocycles. The number of hydrogen-bond acceptors (Lipinski definition) is 2. The van der Waals surface area contributed by atoms with Crippen molar-refractivity contribution in [1.29, 1.82) is 0 Å². The van der Waals surface area contributed by atoms with Crippen LogP contribution in [0.15, 0.2) is 59.3 Å². The number of aromatic nitrogens is 1. The lowest BCUT2D eigenvalue weighted by molar-refractivity contribution is 0.366. The minimum absolute atomic E-state index is 0.0863. The molecule has 1 fully saturated rings. The summed E-state index contributed by atoms with van der Waals surface area (Å²) in [5, 5.41) is 0. The van der Waals surface area contributed by atoms with E-state index in [2.05, 4.69) is 55.5 Å². The normalized spacial score (nSPS) is 31.8. The van der Waals surface area contributed by atoms with Crippen LogP contribution in [0.2, 0.25) is 0 Å². The fraction of sp³-hybridized carbons (Fsp3) is 0.462. The summed E-state index contributed by atoms with van der Waals surface area (Å²) in [5.74, 6) is 1.14. The highest BCUT2D eigenvalue weighted by molar-refractivity contribution is 5.77. The molecule has 2 heteroatoms. The van der Waals surface area contributed by atoms with Crippen LogP contribution in [0.5, 0.6) is 0 Å². The van der Waals surface area contributed by atoms with E-state index in [0.29, 0.717) is 11.8 Å². The lowest BCUT2D eigenvalue weighted by Gasteiger charge is -2.42. The van der Waals surface area contributed by atoms with Crippen LogP contribution in [0.3, 0.4) is 0 Å². The number of allylic oxidation sites excluding steroid dienone is 5. The van der Waals surface area contributed by atoms with Crippen molar-refractivity contribution < 1.29 is 0 Å². The summed E-state index contributed by atoms with van der Waals surface area (Å²) in [7, 11) is 0. The van der Waals surface area contributed by atoms with E-state index in [1.165, 1.54) is 60.9 Å². The van der Waals surface area contributed by atoms with E-state index in [0.717, 1.165) is 6.42 Å². The summed E-state index contributed by atoms with van der Waals surface area (Å²) in [4.78, 5) is 9.84. The van der Waals surface area contributed by atoms with E-state index < -0.39 is 0 Å². The molecule has 2 heterocycles. The molecule has 2 nitrogen and oxygen atoms in total. The standard InChI is InChI=1S/C26H30N2/c1-26-16-13-22-21(19-9-5-2-3-6-10-19)14-17-27-24(22)25(26)28-18-15-23(26)20-11-7-4-8-12-20/h4,7-8,11,13-20,25H,2-3,5-6,9-10,12H2,1H3/t20-,25?,26?/m0/s1. The first kappa shape index (κ1) is 17.8. The van der Waals surface area contributed by atoms with E-state index in [4.69, 9.17) is 9.98 Å². The Kier molecular flexibility index (Phi) is 4.66. The zero-order chi connectivity index (χ0) is 19.0. The van der Waals surface area contributed by atoms with Gasteiger partial charge in [-0.15, -0.1) is 0 Å². The van der Waals surface area contributed by atoms with Crippen molar-refractivity contribution >= 4 is 12.3 Å². The number of fused-ring (bicyclic) bond motifs is 3. The molecule has 2 unspecified atom stereocenters. The Morgan fingerprint density at radius 1 is 1.07 bits per heavy atom. The van der Waals surface area contributed by atoms with Crippen LogP contribution in [0.25, 0.3) is 6.08 Å². The first-order valence-electron chi connectivity index (χ1n) is 11.0. The number of dihydropyridines is 1. The van der Waals surface area contributed by atoms with Crippen LogP contribution in [0, 0.1) is 11.3 Å². The minimum Gasteiger partial charge on any atom is -0.282 e. The second kappa shape index (κ2) is 7.31. The third-order valence-corrected chi connectivity index (χ3v) is 7.26. The monoisotopic (exact) mass is 370 g/mol. The molecule has 5 rings (SSSR count). The fourth-order valence-corrected chi connectivity index (χ4v) is 5.69. The van der Waals surface area contributed by atoms with Gasteiger partial charge in [-0.3, -0.25) is 9.98 Å². The Hall–Kier alpha value is -2.22. The molecule has 0 radical (unpaired) electrons. The highest BCUT2D eigenvalue weighted by Gasteiger charge is 2.44. The van der Waals surface area contributed by atoms with Gasteiger partial charge in [0.15, 0.2) is 0 Å². The first-order chi connectivity index (χ1) is 13.8. The Morgan fingerprint density at radius 2 is 1.93 bits per heavy atom. The average Bonchev–Trinajstić information content (AvgIpc) is 3.02. The molecule has 0 spiro atoms. The van der Waals surface area contributed by atoms with E-state index >= 15 is 0 Å².